The fourth-order valence-corrected chi connectivity index (χ4v) is 2.92. The molecule has 1 aromatic carbocycles. The molecule has 128 valence electrons. The van der Waals surface area contributed by atoms with Gasteiger partial charge in [0.2, 0.25) is 0 Å². The van der Waals surface area contributed by atoms with Gasteiger partial charge in [0.1, 0.15) is 0 Å². The predicted octanol–water partition coefficient (Wildman–Crippen LogP) is 3.40. The van der Waals surface area contributed by atoms with E-state index in [1.165, 1.54) is 37.1 Å². The van der Waals surface area contributed by atoms with Crippen molar-refractivity contribution in [1.82, 2.24) is 10.2 Å². The van der Waals surface area contributed by atoms with Gasteiger partial charge in [0.25, 0.3) is 5.91 Å². The van der Waals surface area contributed by atoms with Crippen molar-refractivity contribution in [3.05, 3.63) is 35.4 Å². The lowest BCUT2D eigenvalue weighted by molar-refractivity contribution is -0.127. The molecule has 0 unspecified atom stereocenters. The first-order valence-corrected chi connectivity index (χ1v) is 7.85. The molecule has 1 amide bonds. The number of nitrogens with one attached hydrogen (secondary N) is 1. The number of hydrogen-bond acceptors (Lipinski definition) is 2. The Morgan fingerprint density at radius 3 is 2.22 bits per heavy atom. The molecule has 1 fully saturated rings. The van der Waals surface area contributed by atoms with E-state index in [2.05, 4.69) is 10.2 Å². The third kappa shape index (κ3) is 5.86. The first-order valence-electron chi connectivity index (χ1n) is 7.85. The maximum Gasteiger partial charge on any atom is 0.393 e. The molecule has 6 heteroatoms. The molecule has 1 heterocycles. The number of hydrogen-bond donors (Lipinski definition) is 1. The number of carbonyl (C=O) groups excluding carboxylic acids is 1. The molecule has 0 radical (unpaired) electrons. The lowest BCUT2D eigenvalue weighted by Crippen LogP contribution is -2.50. The van der Waals surface area contributed by atoms with Crippen LogP contribution >= 0.6 is 0 Å². The number of nitrogens with zero attached hydrogens (tertiary/aromatic N) is 1. The maximum atomic E-state index is 12.3. The van der Waals surface area contributed by atoms with Crippen LogP contribution in [0.5, 0.6) is 0 Å². The van der Waals surface area contributed by atoms with Crippen molar-refractivity contribution in [2.45, 2.75) is 44.8 Å². The van der Waals surface area contributed by atoms with Gasteiger partial charge in [-0.25, -0.2) is 0 Å². The molecule has 0 aliphatic carbocycles. The van der Waals surface area contributed by atoms with Gasteiger partial charge in [0.15, 0.2) is 0 Å². The molecule has 3 nitrogen and oxygen atoms in total. The highest BCUT2D eigenvalue weighted by Gasteiger charge is 2.28. The van der Waals surface area contributed by atoms with E-state index in [1.807, 2.05) is 13.8 Å². The summed E-state index contributed by atoms with van der Waals surface area (Å²) in [7, 11) is 0. The number of benzene rings is 1. The van der Waals surface area contributed by atoms with E-state index < -0.39 is 12.6 Å². The summed E-state index contributed by atoms with van der Waals surface area (Å²) < 4.78 is 37.0. The lowest BCUT2D eigenvalue weighted by atomic mass is 10.0. The van der Waals surface area contributed by atoms with E-state index >= 15 is 0 Å². The van der Waals surface area contributed by atoms with Gasteiger partial charge in [0.05, 0.1) is 6.42 Å². The van der Waals surface area contributed by atoms with Crippen LogP contribution in [0.15, 0.2) is 24.3 Å². The number of likely N-dealkylation sites (tertiary alicyclic amines) is 1. The summed E-state index contributed by atoms with van der Waals surface area (Å²) >= 11 is 0. The quantitative estimate of drug-likeness (QED) is 0.898. The van der Waals surface area contributed by atoms with Crippen LogP contribution in [0.1, 0.15) is 42.6 Å². The minimum Gasteiger partial charge on any atom is -0.346 e. The summed E-state index contributed by atoms with van der Waals surface area (Å²) in [5, 5.41) is 2.96. The van der Waals surface area contributed by atoms with Gasteiger partial charge in [0, 0.05) is 17.6 Å². The Bertz CT molecular complexity index is 532. The highest BCUT2D eigenvalue weighted by atomic mass is 19.4. The van der Waals surface area contributed by atoms with Crippen LogP contribution in [0.3, 0.4) is 0 Å². The molecular formula is C17H23F3N2O. The van der Waals surface area contributed by atoms with Crippen molar-refractivity contribution in [3.63, 3.8) is 0 Å². The molecule has 1 aliphatic heterocycles. The van der Waals surface area contributed by atoms with E-state index in [9.17, 15) is 18.0 Å². The first kappa shape index (κ1) is 17.8. The Kier molecular flexibility index (Phi) is 5.34. The summed E-state index contributed by atoms with van der Waals surface area (Å²) in [6, 6.07) is 5.61. The van der Waals surface area contributed by atoms with E-state index in [1.54, 1.807) is 0 Å². The van der Waals surface area contributed by atoms with Crippen LogP contribution in [0.4, 0.5) is 13.2 Å². The topological polar surface area (TPSA) is 32.3 Å². The molecule has 0 spiro atoms. The molecule has 2 rings (SSSR count). The standard InChI is InChI=1S/C17H23F3N2O/c1-16(2,12-22-9-3-4-10-22)21-15(23)14-7-5-13(6-8-14)11-17(18,19)20/h5-8H,3-4,9-12H2,1-2H3,(H,21,23). The maximum absolute atomic E-state index is 12.3. The number of halogens is 3. The summed E-state index contributed by atoms with van der Waals surface area (Å²) in [6.45, 7) is 6.78. The zero-order valence-corrected chi connectivity index (χ0v) is 13.5. The van der Waals surface area contributed by atoms with Gasteiger partial charge >= 0.3 is 6.18 Å². The molecule has 1 N–H and O–H groups in total. The number of alkyl halides is 3. The second kappa shape index (κ2) is 6.91. The predicted molar refractivity (Wildman–Crippen MR) is 83.4 cm³/mol. The largest absolute Gasteiger partial charge is 0.393 e. The molecule has 0 bridgehead atoms. The Balaban J connectivity index is 1.94. The minimum atomic E-state index is -4.23. The third-order valence-corrected chi connectivity index (χ3v) is 3.89. The van der Waals surface area contributed by atoms with Crippen LogP contribution in [0.2, 0.25) is 0 Å². The Morgan fingerprint density at radius 1 is 1.13 bits per heavy atom. The van der Waals surface area contributed by atoms with Crippen molar-refractivity contribution in [2.75, 3.05) is 19.6 Å². The van der Waals surface area contributed by atoms with Crippen molar-refractivity contribution in [2.24, 2.45) is 0 Å². The summed E-state index contributed by atoms with van der Waals surface area (Å²) in [5.41, 5.74) is 0.155. The van der Waals surface area contributed by atoms with Gasteiger partial charge < -0.3 is 10.2 Å². The number of rotatable bonds is 5. The first-order chi connectivity index (χ1) is 10.6. The van der Waals surface area contributed by atoms with Gasteiger partial charge in [-0.2, -0.15) is 13.2 Å². The van der Waals surface area contributed by atoms with E-state index in [-0.39, 0.29) is 17.0 Å². The minimum absolute atomic E-state index is 0.158. The smallest absolute Gasteiger partial charge is 0.346 e. The summed E-state index contributed by atoms with van der Waals surface area (Å²) in [4.78, 5) is 14.6. The summed E-state index contributed by atoms with van der Waals surface area (Å²) in [6.07, 6.45) is -2.84. The molecule has 0 atom stereocenters. The second-order valence-electron chi connectivity index (χ2n) is 6.81. The molecule has 1 saturated heterocycles. The third-order valence-electron chi connectivity index (χ3n) is 3.89. The second-order valence-corrected chi connectivity index (χ2v) is 6.81. The van der Waals surface area contributed by atoms with Gasteiger partial charge in [-0.1, -0.05) is 12.1 Å². The monoisotopic (exact) mass is 328 g/mol. The number of amides is 1. The molecule has 23 heavy (non-hydrogen) atoms. The van der Waals surface area contributed by atoms with Crippen LogP contribution < -0.4 is 5.32 Å². The van der Waals surface area contributed by atoms with E-state index in [0.717, 1.165) is 19.6 Å². The van der Waals surface area contributed by atoms with Crippen molar-refractivity contribution >= 4 is 5.91 Å². The van der Waals surface area contributed by atoms with Crippen LogP contribution in [-0.2, 0) is 6.42 Å². The van der Waals surface area contributed by atoms with Gasteiger partial charge in [-0.15, -0.1) is 0 Å². The van der Waals surface area contributed by atoms with Gasteiger partial charge in [-0.3, -0.25) is 4.79 Å². The highest BCUT2D eigenvalue weighted by Crippen LogP contribution is 2.21. The zero-order valence-electron chi connectivity index (χ0n) is 13.5. The molecule has 0 aromatic heterocycles. The fourth-order valence-electron chi connectivity index (χ4n) is 2.92. The molecule has 1 aliphatic rings. The van der Waals surface area contributed by atoms with Gasteiger partial charge in [-0.05, 0) is 57.5 Å². The summed E-state index contributed by atoms with van der Waals surface area (Å²) in [5.74, 6) is -0.257. The molecular weight excluding hydrogens is 305 g/mol. The molecule has 1 aromatic rings. The Labute approximate surface area is 134 Å². The Morgan fingerprint density at radius 2 is 1.70 bits per heavy atom. The SMILES string of the molecule is CC(C)(CN1CCCC1)NC(=O)c1ccc(CC(F)(F)F)cc1. The van der Waals surface area contributed by atoms with Crippen LogP contribution in [0, 0.1) is 0 Å². The van der Waals surface area contributed by atoms with Crippen LogP contribution in [0.25, 0.3) is 0 Å². The lowest BCUT2D eigenvalue weighted by Gasteiger charge is -2.31. The van der Waals surface area contributed by atoms with E-state index in [0.29, 0.717) is 5.56 Å². The average molecular weight is 328 g/mol. The highest BCUT2D eigenvalue weighted by molar-refractivity contribution is 5.94. The van der Waals surface area contributed by atoms with Crippen molar-refractivity contribution in [1.29, 1.82) is 0 Å². The van der Waals surface area contributed by atoms with Crippen molar-refractivity contribution < 1.29 is 18.0 Å². The molecule has 0 saturated carbocycles. The average Bonchev–Trinajstić information content (AvgIpc) is 2.89. The normalized spacial score (nSPS) is 16.6. The van der Waals surface area contributed by atoms with Crippen LogP contribution in [-0.4, -0.2) is 42.2 Å². The van der Waals surface area contributed by atoms with E-state index in [4.69, 9.17) is 0 Å². The fraction of sp³-hybridized carbons (Fsp3) is 0.588. The zero-order chi connectivity index (χ0) is 17.1. The Hall–Kier alpha value is -1.56. The number of carbonyl (C=O) groups is 1. The van der Waals surface area contributed by atoms with Crippen molar-refractivity contribution in [3.8, 4) is 0 Å².